The molecule has 2 rings (SSSR count). The fraction of sp³-hybridized carbons (Fsp3) is 0.250. The molecule has 1 aromatic carbocycles. The van der Waals surface area contributed by atoms with E-state index < -0.39 is 0 Å². The number of nitrogens with two attached hydrogens (primary N) is 1. The van der Waals surface area contributed by atoms with Crippen molar-refractivity contribution in [3.63, 3.8) is 0 Å². The van der Waals surface area contributed by atoms with E-state index in [1.807, 2.05) is 24.3 Å². The molecule has 4 N–H and O–H groups in total. The van der Waals surface area contributed by atoms with Gasteiger partial charge in [0.25, 0.3) is 0 Å². The summed E-state index contributed by atoms with van der Waals surface area (Å²) < 4.78 is 0. The van der Waals surface area contributed by atoms with Crippen LogP contribution in [0.1, 0.15) is 11.3 Å². The third-order valence-electron chi connectivity index (χ3n) is 2.45. The fourth-order valence-electron chi connectivity index (χ4n) is 1.66. The largest absolute Gasteiger partial charge is 0.381 e. The average Bonchev–Trinajstić information content (AvgIpc) is 2.74. The van der Waals surface area contributed by atoms with E-state index in [1.165, 1.54) is 0 Å². The number of aromatic nitrogens is 2. The molecular formula is C12H15ClN4. The number of nitrogens with zero attached hydrogens (tertiary/aromatic N) is 1. The molecule has 0 aliphatic heterocycles. The second-order valence-electron chi connectivity index (χ2n) is 3.78. The second-order valence-corrected chi connectivity index (χ2v) is 4.22. The van der Waals surface area contributed by atoms with Gasteiger partial charge in [-0.15, -0.1) is 0 Å². The number of nitrogens with one attached hydrogen (secondary N) is 2. The second kappa shape index (κ2) is 5.70. The van der Waals surface area contributed by atoms with Crippen LogP contribution in [-0.4, -0.2) is 23.3 Å². The molecule has 0 unspecified atom stereocenters. The van der Waals surface area contributed by atoms with Crippen molar-refractivity contribution < 1.29 is 0 Å². The van der Waals surface area contributed by atoms with Gasteiger partial charge in [0.1, 0.15) is 0 Å². The van der Waals surface area contributed by atoms with Gasteiger partial charge in [-0.25, -0.2) is 0 Å². The van der Waals surface area contributed by atoms with Gasteiger partial charge in [0.15, 0.2) is 0 Å². The predicted octanol–water partition coefficient (Wildman–Crippen LogP) is 2.02. The van der Waals surface area contributed by atoms with E-state index in [-0.39, 0.29) is 0 Å². The molecule has 0 aliphatic carbocycles. The zero-order valence-corrected chi connectivity index (χ0v) is 10.2. The Morgan fingerprint density at radius 3 is 3.06 bits per heavy atom. The van der Waals surface area contributed by atoms with Crippen molar-refractivity contribution in [3.8, 4) is 0 Å². The van der Waals surface area contributed by atoms with Crippen LogP contribution in [0.2, 0.25) is 5.02 Å². The van der Waals surface area contributed by atoms with Gasteiger partial charge in [-0.3, -0.25) is 5.10 Å². The molecule has 17 heavy (non-hydrogen) atoms. The van der Waals surface area contributed by atoms with Crippen molar-refractivity contribution in [3.05, 3.63) is 46.7 Å². The summed E-state index contributed by atoms with van der Waals surface area (Å²) in [5.74, 6) is 0. The zero-order valence-electron chi connectivity index (χ0n) is 9.41. The summed E-state index contributed by atoms with van der Waals surface area (Å²) >= 11 is 5.95. The van der Waals surface area contributed by atoms with Crippen LogP contribution in [-0.2, 0) is 6.42 Å². The Labute approximate surface area is 105 Å². The Hall–Kier alpha value is -1.52. The monoisotopic (exact) mass is 250 g/mol. The lowest BCUT2D eigenvalue weighted by Gasteiger charge is -2.05. The van der Waals surface area contributed by atoms with Gasteiger partial charge in [-0.05, 0) is 17.7 Å². The number of aromatic amines is 1. The van der Waals surface area contributed by atoms with Crippen LogP contribution in [0.5, 0.6) is 0 Å². The first kappa shape index (κ1) is 12.0. The highest BCUT2D eigenvalue weighted by atomic mass is 35.5. The molecule has 0 fully saturated rings. The maximum absolute atomic E-state index is 5.95. The molecular weight excluding hydrogens is 236 g/mol. The highest BCUT2D eigenvalue weighted by molar-refractivity contribution is 6.30. The minimum Gasteiger partial charge on any atom is -0.381 e. The summed E-state index contributed by atoms with van der Waals surface area (Å²) in [5, 5.41) is 11.0. The summed E-state index contributed by atoms with van der Waals surface area (Å²) in [7, 11) is 0. The number of H-pyrrole nitrogens is 1. The van der Waals surface area contributed by atoms with E-state index in [0.29, 0.717) is 6.54 Å². The Bertz CT molecular complexity index is 481. The van der Waals surface area contributed by atoms with E-state index in [0.717, 1.165) is 34.9 Å². The molecule has 0 amide bonds. The lowest BCUT2D eigenvalue weighted by atomic mass is 10.1. The maximum Gasteiger partial charge on any atom is 0.0760 e. The van der Waals surface area contributed by atoms with E-state index in [9.17, 15) is 0 Å². The quantitative estimate of drug-likeness (QED) is 0.761. The predicted molar refractivity (Wildman–Crippen MR) is 70.4 cm³/mol. The summed E-state index contributed by atoms with van der Waals surface area (Å²) in [6.45, 7) is 1.34. The summed E-state index contributed by atoms with van der Waals surface area (Å²) in [5.41, 5.74) is 8.65. The topological polar surface area (TPSA) is 66.7 Å². The molecule has 0 aliphatic rings. The highest BCUT2D eigenvalue weighted by Crippen LogP contribution is 2.18. The molecule has 0 saturated carbocycles. The summed E-state index contributed by atoms with van der Waals surface area (Å²) in [6, 6.07) is 7.81. The molecule has 0 saturated heterocycles. The first-order chi connectivity index (χ1) is 8.29. The third kappa shape index (κ3) is 3.22. The average molecular weight is 251 g/mol. The number of hydrogen-bond acceptors (Lipinski definition) is 3. The molecule has 0 atom stereocenters. The maximum atomic E-state index is 5.95. The molecule has 4 nitrogen and oxygen atoms in total. The highest BCUT2D eigenvalue weighted by Gasteiger charge is 2.05. The Morgan fingerprint density at radius 2 is 2.29 bits per heavy atom. The van der Waals surface area contributed by atoms with Crippen LogP contribution in [0.25, 0.3) is 0 Å². The van der Waals surface area contributed by atoms with E-state index in [1.54, 1.807) is 6.20 Å². The van der Waals surface area contributed by atoms with Gasteiger partial charge >= 0.3 is 0 Å². The van der Waals surface area contributed by atoms with Gasteiger partial charge in [-0.2, -0.15) is 5.10 Å². The number of rotatable bonds is 5. The first-order valence-corrected chi connectivity index (χ1v) is 5.88. The Balaban J connectivity index is 2.10. The number of halogens is 1. The fourth-order valence-corrected chi connectivity index (χ4v) is 1.87. The van der Waals surface area contributed by atoms with Gasteiger partial charge in [0.05, 0.1) is 17.6 Å². The molecule has 1 heterocycles. The summed E-state index contributed by atoms with van der Waals surface area (Å²) in [6.07, 6.45) is 2.54. The van der Waals surface area contributed by atoms with Gasteiger partial charge < -0.3 is 11.1 Å². The zero-order chi connectivity index (χ0) is 12.1. The lowest BCUT2D eigenvalue weighted by Crippen LogP contribution is -2.13. The van der Waals surface area contributed by atoms with Crippen molar-refractivity contribution in [2.24, 2.45) is 5.73 Å². The standard InChI is InChI=1S/C12H15ClN4/c13-10-3-1-2-9(6-10)7-11-12(8-16-17-11)15-5-4-14/h1-3,6,8,15H,4-5,7,14H2,(H,16,17). The normalized spacial score (nSPS) is 10.5. The van der Waals surface area contributed by atoms with Crippen LogP contribution in [0.15, 0.2) is 30.5 Å². The van der Waals surface area contributed by atoms with E-state index >= 15 is 0 Å². The van der Waals surface area contributed by atoms with Crippen molar-refractivity contribution in [1.29, 1.82) is 0 Å². The molecule has 0 radical (unpaired) electrons. The molecule has 0 spiro atoms. The summed E-state index contributed by atoms with van der Waals surface area (Å²) in [4.78, 5) is 0. The smallest absolute Gasteiger partial charge is 0.0760 e. The molecule has 2 aromatic rings. The van der Waals surface area contributed by atoms with Crippen molar-refractivity contribution in [1.82, 2.24) is 10.2 Å². The van der Waals surface area contributed by atoms with E-state index in [4.69, 9.17) is 17.3 Å². The van der Waals surface area contributed by atoms with E-state index in [2.05, 4.69) is 15.5 Å². The van der Waals surface area contributed by atoms with Gasteiger partial charge in [0.2, 0.25) is 0 Å². The molecule has 0 bridgehead atoms. The third-order valence-corrected chi connectivity index (χ3v) is 2.68. The lowest BCUT2D eigenvalue weighted by molar-refractivity contribution is 0.987. The van der Waals surface area contributed by atoms with Gasteiger partial charge in [-0.1, -0.05) is 23.7 Å². The van der Waals surface area contributed by atoms with Crippen molar-refractivity contribution in [2.45, 2.75) is 6.42 Å². The van der Waals surface area contributed by atoms with Crippen LogP contribution >= 0.6 is 11.6 Å². The van der Waals surface area contributed by atoms with Gasteiger partial charge in [0, 0.05) is 24.5 Å². The van der Waals surface area contributed by atoms with Crippen LogP contribution < -0.4 is 11.1 Å². The molecule has 1 aromatic heterocycles. The SMILES string of the molecule is NCCNc1cn[nH]c1Cc1cccc(Cl)c1. The molecule has 5 heteroatoms. The van der Waals surface area contributed by atoms with Crippen molar-refractivity contribution in [2.75, 3.05) is 18.4 Å². The number of hydrogen-bond donors (Lipinski definition) is 3. The minimum atomic E-state index is 0.599. The van der Waals surface area contributed by atoms with Crippen LogP contribution in [0.4, 0.5) is 5.69 Å². The van der Waals surface area contributed by atoms with Crippen LogP contribution in [0.3, 0.4) is 0 Å². The number of benzene rings is 1. The Kier molecular flexibility index (Phi) is 4.01. The van der Waals surface area contributed by atoms with Crippen LogP contribution in [0, 0.1) is 0 Å². The Morgan fingerprint density at radius 1 is 1.41 bits per heavy atom. The minimum absolute atomic E-state index is 0.599. The first-order valence-electron chi connectivity index (χ1n) is 5.50. The van der Waals surface area contributed by atoms with Crippen molar-refractivity contribution >= 4 is 17.3 Å². The number of anilines is 1. The molecule has 90 valence electrons.